The molecule has 1 aromatic heterocycles. The van der Waals surface area contributed by atoms with Crippen LogP contribution in [-0.4, -0.2) is 27.1 Å². The number of carbonyl (C=O) groups excluding carboxylic acids is 1. The summed E-state index contributed by atoms with van der Waals surface area (Å²) in [4.78, 5) is 14.8. The molecule has 5 nitrogen and oxygen atoms in total. The molecule has 3 rings (SSSR count). The molecule has 0 fully saturated rings. The molecule has 0 aliphatic heterocycles. The summed E-state index contributed by atoms with van der Waals surface area (Å²) in [5.74, 6) is 1.25. The maximum Gasteiger partial charge on any atom is 0.322 e. The Bertz CT molecular complexity index is 923. The first-order valence-corrected chi connectivity index (χ1v) is 11.0. The average molecular weight is 414 g/mol. The maximum atomic E-state index is 12.5. The third-order valence-electron chi connectivity index (χ3n) is 3.75. The van der Waals surface area contributed by atoms with Gasteiger partial charge in [0.05, 0.1) is 6.42 Å². The lowest BCUT2D eigenvalue weighted by Crippen LogP contribution is -2.12. The van der Waals surface area contributed by atoms with E-state index >= 15 is 0 Å². The summed E-state index contributed by atoms with van der Waals surface area (Å²) in [6.07, 6.45) is 0.528. The summed E-state index contributed by atoms with van der Waals surface area (Å²) in [6.45, 7) is 6.37. The van der Waals surface area contributed by atoms with Gasteiger partial charge in [0.1, 0.15) is 0 Å². The molecule has 146 valence electrons. The molecule has 0 radical (unpaired) electrons. The van der Waals surface area contributed by atoms with Gasteiger partial charge in [0, 0.05) is 20.6 Å². The van der Waals surface area contributed by atoms with E-state index in [1.54, 1.807) is 29.6 Å². The first-order valence-electron chi connectivity index (χ1n) is 9.15. The number of rotatable bonds is 8. The number of nitrogens with one attached hydrogen (secondary N) is 1. The van der Waals surface area contributed by atoms with E-state index in [0.29, 0.717) is 23.1 Å². The van der Waals surface area contributed by atoms with E-state index < -0.39 is 0 Å². The summed E-state index contributed by atoms with van der Waals surface area (Å²) in [5.41, 5.74) is 1.65. The van der Waals surface area contributed by atoms with E-state index in [0.717, 1.165) is 16.2 Å². The predicted octanol–water partition coefficient (Wildman–Crippen LogP) is 5.53. The van der Waals surface area contributed by atoms with Crippen molar-refractivity contribution in [2.24, 2.45) is 0 Å². The zero-order valence-corrected chi connectivity index (χ0v) is 17.8. The standard InChI is InChI=1S/C21H23N3O2S2/c1-4-27-17-10-8-15(9-11-17)12-19-23-24-21(26-19)22-20(25)16-6-5-7-18(13-16)28-14(2)3/h5-11,13-14H,4,12H2,1-3H3,(H,22,24,25). The lowest BCUT2D eigenvalue weighted by Gasteiger charge is -2.06. The van der Waals surface area contributed by atoms with Gasteiger partial charge in [-0.3, -0.25) is 10.1 Å². The van der Waals surface area contributed by atoms with Crippen LogP contribution in [0.25, 0.3) is 0 Å². The highest BCUT2D eigenvalue weighted by Gasteiger charge is 2.13. The molecule has 0 aliphatic carbocycles. The van der Waals surface area contributed by atoms with Gasteiger partial charge in [0.25, 0.3) is 5.91 Å². The fraction of sp³-hybridized carbons (Fsp3) is 0.286. The highest BCUT2D eigenvalue weighted by Crippen LogP contribution is 2.24. The van der Waals surface area contributed by atoms with Crippen LogP contribution in [0, 0.1) is 0 Å². The lowest BCUT2D eigenvalue weighted by atomic mass is 10.1. The second kappa shape index (κ2) is 9.80. The molecule has 1 heterocycles. The number of aromatic nitrogens is 2. The van der Waals surface area contributed by atoms with Crippen LogP contribution in [0.4, 0.5) is 6.01 Å². The van der Waals surface area contributed by atoms with Gasteiger partial charge in [-0.15, -0.1) is 28.6 Å². The Balaban J connectivity index is 1.61. The first-order chi connectivity index (χ1) is 13.5. The van der Waals surface area contributed by atoms with Crippen molar-refractivity contribution in [3.05, 3.63) is 65.5 Å². The van der Waals surface area contributed by atoms with Crippen molar-refractivity contribution in [2.45, 2.75) is 42.2 Å². The number of anilines is 1. The molecule has 28 heavy (non-hydrogen) atoms. The highest BCUT2D eigenvalue weighted by molar-refractivity contribution is 8.00. The van der Waals surface area contributed by atoms with Crippen LogP contribution in [0.2, 0.25) is 0 Å². The number of hydrogen-bond acceptors (Lipinski definition) is 6. The molecular weight excluding hydrogens is 390 g/mol. The van der Waals surface area contributed by atoms with E-state index in [4.69, 9.17) is 4.42 Å². The van der Waals surface area contributed by atoms with Crippen molar-refractivity contribution in [1.29, 1.82) is 0 Å². The van der Waals surface area contributed by atoms with Crippen molar-refractivity contribution < 1.29 is 9.21 Å². The maximum absolute atomic E-state index is 12.5. The smallest absolute Gasteiger partial charge is 0.322 e. The molecule has 0 unspecified atom stereocenters. The van der Waals surface area contributed by atoms with Gasteiger partial charge in [-0.1, -0.05) is 44.1 Å². The quantitative estimate of drug-likeness (QED) is 0.490. The minimum atomic E-state index is -0.262. The molecule has 0 bridgehead atoms. The Labute approximate surface area is 173 Å². The number of nitrogens with zero attached hydrogens (tertiary/aromatic N) is 2. The molecule has 0 spiro atoms. The van der Waals surface area contributed by atoms with Crippen LogP contribution in [0.1, 0.15) is 42.6 Å². The first kappa shape index (κ1) is 20.5. The topological polar surface area (TPSA) is 68.0 Å². The molecule has 2 aromatic carbocycles. The number of benzene rings is 2. The van der Waals surface area contributed by atoms with Crippen LogP contribution in [0.5, 0.6) is 0 Å². The molecule has 0 saturated heterocycles. The Kier molecular flexibility index (Phi) is 7.17. The van der Waals surface area contributed by atoms with Gasteiger partial charge in [-0.2, -0.15) is 0 Å². The summed E-state index contributed by atoms with van der Waals surface area (Å²) < 4.78 is 5.59. The van der Waals surface area contributed by atoms with Crippen molar-refractivity contribution in [3.8, 4) is 0 Å². The summed E-state index contributed by atoms with van der Waals surface area (Å²) in [5, 5.41) is 11.1. The van der Waals surface area contributed by atoms with Gasteiger partial charge in [-0.05, 0) is 41.6 Å². The Hall–Kier alpha value is -2.25. The van der Waals surface area contributed by atoms with E-state index in [-0.39, 0.29) is 11.9 Å². The highest BCUT2D eigenvalue weighted by atomic mass is 32.2. The molecule has 0 saturated carbocycles. The van der Waals surface area contributed by atoms with Crippen LogP contribution in [0.3, 0.4) is 0 Å². The molecular formula is C21H23N3O2S2. The lowest BCUT2D eigenvalue weighted by molar-refractivity contribution is 0.102. The fourth-order valence-electron chi connectivity index (χ4n) is 2.57. The van der Waals surface area contributed by atoms with Gasteiger partial charge in [0.2, 0.25) is 5.89 Å². The zero-order chi connectivity index (χ0) is 19.9. The van der Waals surface area contributed by atoms with E-state index in [1.807, 2.05) is 18.2 Å². The Morgan fingerprint density at radius 2 is 1.89 bits per heavy atom. The minimum absolute atomic E-state index is 0.111. The molecule has 0 atom stereocenters. The number of carbonyl (C=O) groups is 1. The third-order valence-corrected chi connectivity index (χ3v) is 5.64. The van der Waals surface area contributed by atoms with Crippen LogP contribution >= 0.6 is 23.5 Å². The van der Waals surface area contributed by atoms with Crippen molar-refractivity contribution in [3.63, 3.8) is 0 Å². The Morgan fingerprint density at radius 1 is 1.11 bits per heavy atom. The van der Waals surface area contributed by atoms with Gasteiger partial charge < -0.3 is 4.42 Å². The van der Waals surface area contributed by atoms with Crippen molar-refractivity contribution in [2.75, 3.05) is 11.1 Å². The van der Waals surface area contributed by atoms with Gasteiger partial charge in [-0.25, -0.2) is 0 Å². The van der Waals surface area contributed by atoms with E-state index in [2.05, 4.69) is 60.6 Å². The second-order valence-electron chi connectivity index (χ2n) is 6.40. The van der Waals surface area contributed by atoms with Crippen LogP contribution in [0.15, 0.2) is 62.7 Å². The zero-order valence-electron chi connectivity index (χ0n) is 16.1. The number of amides is 1. The summed E-state index contributed by atoms with van der Waals surface area (Å²) in [6, 6.07) is 15.9. The third kappa shape index (κ3) is 5.87. The van der Waals surface area contributed by atoms with E-state index in [9.17, 15) is 4.79 Å². The van der Waals surface area contributed by atoms with Gasteiger partial charge >= 0.3 is 6.01 Å². The average Bonchev–Trinajstić information content (AvgIpc) is 3.10. The number of hydrogen-bond donors (Lipinski definition) is 1. The summed E-state index contributed by atoms with van der Waals surface area (Å²) in [7, 11) is 0. The fourth-order valence-corrected chi connectivity index (χ4v) is 4.13. The van der Waals surface area contributed by atoms with Crippen molar-refractivity contribution in [1.82, 2.24) is 10.2 Å². The molecule has 1 amide bonds. The number of thioether (sulfide) groups is 2. The molecule has 1 N–H and O–H groups in total. The SMILES string of the molecule is CCSc1ccc(Cc2nnc(NC(=O)c3cccc(SC(C)C)c3)o2)cc1. The second-order valence-corrected chi connectivity index (χ2v) is 9.39. The largest absolute Gasteiger partial charge is 0.407 e. The Morgan fingerprint density at radius 3 is 2.61 bits per heavy atom. The molecule has 0 aliphatic rings. The molecule has 3 aromatic rings. The van der Waals surface area contributed by atoms with Crippen LogP contribution < -0.4 is 5.32 Å². The van der Waals surface area contributed by atoms with Gasteiger partial charge in [0.15, 0.2) is 0 Å². The minimum Gasteiger partial charge on any atom is -0.407 e. The van der Waals surface area contributed by atoms with E-state index in [1.165, 1.54) is 4.90 Å². The van der Waals surface area contributed by atoms with Crippen molar-refractivity contribution >= 4 is 35.4 Å². The monoisotopic (exact) mass is 413 g/mol. The van der Waals surface area contributed by atoms with Crippen LogP contribution in [-0.2, 0) is 6.42 Å². The normalized spacial score (nSPS) is 11.0. The summed E-state index contributed by atoms with van der Waals surface area (Å²) >= 11 is 3.52. The predicted molar refractivity (Wildman–Crippen MR) is 115 cm³/mol. The molecule has 7 heteroatoms.